The molecule has 0 aliphatic rings. The summed E-state index contributed by atoms with van der Waals surface area (Å²) in [5.74, 6) is 0.336. The number of benzene rings is 1. The molecule has 2 nitrogen and oxygen atoms in total. The minimum Gasteiger partial charge on any atom is -0.495 e. The minimum absolute atomic E-state index is 0.123. The summed E-state index contributed by atoms with van der Waals surface area (Å²) in [5, 5.41) is 0.714. The average Bonchev–Trinajstić information content (AvgIpc) is 2.77. The Morgan fingerprint density at radius 3 is 2.50 bits per heavy atom. The zero-order chi connectivity index (χ0) is 13.3. The second-order valence-electron chi connectivity index (χ2n) is 3.71. The summed E-state index contributed by atoms with van der Waals surface area (Å²) in [6.07, 6.45) is 0. The summed E-state index contributed by atoms with van der Waals surface area (Å²) in [6, 6.07) is 6.78. The van der Waals surface area contributed by atoms with E-state index < -0.39 is 0 Å². The van der Waals surface area contributed by atoms with E-state index in [1.807, 2.05) is 13.0 Å². The molecule has 0 saturated heterocycles. The molecule has 0 radical (unpaired) electrons. The zero-order valence-corrected chi connectivity index (χ0v) is 12.1. The number of hydrogen-bond acceptors (Lipinski definition) is 3. The van der Waals surface area contributed by atoms with E-state index in [0.29, 0.717) is 26.2 Å². The first-order chi connectivity index (χ1) is 8.52. The lowest BCUT2D eigenvalue weighted by Crippen LogP contribution is -2.00. The van der Waals surface area contributed by atoms with Gasteiger partial charge in [0, 0.05) is 16.5 Å². The molecule has 0 bridgehead atoms. The fourth-order valence-corrected chi connectivity index (χ4v) is 2.85. The molecule has 0 unspecified atom stereocenters. The molecule has 18 heavy (non-hydrogen) atoms. The molecule has 0 aliphatic heterocycles. The molecule has 5 heteroatoms. The van der Waals surface area contributed by atoms with Gasteiger partial charge in [0.15, 0.2) is 0 Å². The van der Waals surface area contributed by atoms with Crippen LogP contribution in [0, 0.1) is 6.92 Å². The highest BCUT2D eigenvalue weighted by molar-refractivity contribution is 7.14. The smallest absolute Gasteiger partial charge is 0.204 e. The van der Waals surface area contributed by atoms with Crippen LogP contribution in [0.3, 0.4) is 0 Å². The number of carbonyl (C=O) groups is 1. The number of methoxy groups -OCH3 is 1. The molecule has 0 atom stereocenters. The predicted octanol–water partition coefficient (Wildman–Crippen LogP) is 4.60. The maximum Gasteiger partial charge on any atom is 0.204 e. The maximum atomic E-state index is 12.3. The summed E-state index contributed by atoms with van der Waals surface area (Å²) < 4.78 is 5.05. The summed E-state index contributed by atoms with van der Waals surface area (Å²) in [4.78, 5) is 14.0. The minimum atomic E-state index is -0.123. The van der Waals surface area contributed by atoms with Gasteiger partial charge in [-0.2, -0.15) is 0 Å². The number of aryl methyl sites for hydroxylation is 1. The van der Waals surface area contributed by atoms with Crippen LogP contribution < -0.4 is 4.74 Å². The first-order valence-electron chi connectivity index (χ1n) is 5.17. The Morgan fingerprint density at radius 2 is 1.94 bits per heavy atom. The van der Waals surface area contributed by atoms with Crippen molar-refractivity contribution in [3.63, 3.8) is 0 Å². The van der Waals surface area contributed by atoms with Crippen molar-refractivity contribution < 1.29 is 9.53 Å². The van der Waals surface area contributed by atoms with Crippen molar-refractivity contribution >= 4 is 40.3 Å². The number of hydrogen-bond donors (Lipinski definition) is 0. The lowest BCUT2D eigenvalue weighted by Gasteiger charge is -2.07. The number of halogens is 2. The molecule has 0 spiro atoms. The van der Waals surface area contributed by atoms with E-state index in [1.54, 1.807) is 18.2 Å². The van der Waals surface area contributed by atoms with E-state index in [-0.39, 0.29) is 5.78 Å². The number of thiophene rings is 1. The first kappa shape index (κ1) is 13.4. The molecule has 1 aromatic carbocycles. The van der Waals surface area contributed by atoms with Gasteiger partial charge in [-0.15, -0.1) is 11.3 Å². The summed E-state index contributed by atoms with van der Waals surface area (Å²) in [7, 11) is 1.50. The Balaban J connectivity index is 2.45. The van der Waals surface area contributed by atoms with E-state index >= 15 is 0 Å². The quantitative estimate of drug-likeness (QED) is 0.774. The summed E-state index contributed by atoms with van der Waals surface area (Å²) >= 11 is 13.5. The molecule has 0 saturated carbocycles. The van der Waals surface area contributed by atoms with Gasteiger partial charge in [0.05, 0.1) is 22.0 Å². The number of ketones is 1. The van der Waals surface area contributed by atoms with Gasteiger partial charge in [0.25, 0.3) is 0 Å². The van der Waals surface area contributed by atoms with E-state index in [1.165, 1.54) is 18.4 Å². The first-order valence-corrected chi connectivity index (χ1v) is 6.74. The lowest BCUT2D eigenvalue weighted by atomic mass is 10.1. The van der Waals surface area contributed by atoms with Crippen molar-refractivity contribution in [2.75, 3.05) is 7.11 Å². The highest BCUT2D eigenvalue weighted by atomic mass is 35.5. The molecule has 0 N–H and O–H groups in total. The fourth-order valence-electron chi connectivity index (χ4n) is 1.55. The Labute approximate surface area is 119 Å². The van der Waals surface area contributed by atoms with Crippen LogP contribution in [0.25, 0.3) is 0 Å². The van der Waals surface area contributed by atoms with Gasteiger partial charge in [-0.05, 0) is 25.1 Å². The predicted molar refractivity (Wildman–Crippen MR) is 75.5 cm³/mol. The van der Waals surface area contributed by atoms with Gasteiger partial charge in [-0.1, -0.05) is 23.2 Å². The van der Waals surface area contributed by atoms with Crippen molar-refractivity contribution in [3.8, 4) is 5.75 Å². The van der Waals surface area contributed by atoms with Gasteiger partial charge in [-0.3, -0.25) is 4.79 Å². The number of ether oxygens (including phenoxy) is 1. The Morgan fingerprint density at radius 1 is 1.22 bits per heavy atom. The molecule has 0 aliphatic carbocycles. The highest BCUT2D eigenvalue weighted by Gasteiger charge is 2.17. The Hall–Kier alpha value is -1.03. The van der Waals surface area contributed by atoms with Gasteiger partial charge < -0.3 is 4.74 Å². The number of carbonyl (C=O) groups excluding carboxylic acids is 1. The number of rotatable bonds is 3. The van der Waals surface area contributed by atoms with Gasteiger partial charge in [0.1, 0.15) is 5.75 Å². The molecule has 2 aromatic rings. The van der Waals surface area contributed by atoms with Crippen molar-refractivity contribution in [1.29, 1.82) is 0 Å². The Bertz CT molecular complexity index is 605. The molecule has 2 rings (SSSR count). The van der Waals surface area contributed by atoms with Gasteiger partial charge in [-0.25, -0.2) is 0 Å². The topological polar surface area (TPSA) is 26.3 Å². The summed E-state index contributed by atoms with van der Waals surface area (Å²) in [6.45, 7) is 1.95. The second kappa shape index (κ2) is 5.31. The molecule has 1 heterocycles. The van der Waals surface area contributed by atoms with E-state index in [4.69, 9.17) is 27.9 Å². The molecule has 0 fully saturated rings. The van der Waals surface area contributed by atoms with Gasteiger partial charge in [0.2, 0.25) is 5.78 Å². The van der Waals surface area contributed by atoms with Crippen molar-refractivity contribution in [2.45, 2.75) is 6.92 Å². The fraction of sp³-hybridized carbons (Fsp3) is 0.154. The molecular formula is C13H10Cl2O2S. The molecular weight excluding hydrogens is 291 g/mol. The lowest BCUT2D eigenvalue weighted by molar-refractivity contribution is 0.104. The highest BCUT2D eigenvalue weighted by Crippen LogP contribution is 2.33. The van der Waals surface area contributed by atoms with Crippen molar-refractivity contribution in [3.05, 3.63) is 49.6 Å². The Kier molecular flexibility index (Phi) is 3.95. The van der Waals surface area contributed by atoms with Crippen LogP contribution in [0.4, 0.5) is 0 Å². The van der Waals surface area contributed by atoms with Crippen LogP contribution in [0.15, 0.2) is 24.3 Å². The molecule has 1 aromatic heterocycles. The maximum absolute atomic E-state index is 12.3. The second-order valence-corrected chi connectivity index (χ2v) is 5.81. The third-order valence-electron chi connectivity index (χ3n) is 2.45. The third-order valence-corrected chi connectivity index (χ3v) is 4.06. The van der Waals surface area contributed by atoms with Crippen LogP contribution >= 0.6 is 34.5 Å². The van der Waals surface area contributed by atoms with Crippen LogP contribution in [-0.2, 0) is 0 Å². The van der Waals surface area contributed by atoms with Gasteiger partial charge >= 0.3 is 0 Å². The van der Waals surface area contributed by atoms with Crippen LogP contribution in [0.2, 0.25) is 10.0 Å². The van der Waals surface area contributed by atoms with Crippen LogP contribution in [-0.4, -0.2) is 12.9 Å². The molecule has 94 valence electrons. The van der Waals surface area contributed by atoms with Crippen molar-refractivity contribution in [1.82, 2.24) is 0 Å². The van der Waals surface area contributed by atoms with E-state index in [0.717, 1.165) is 4.88 Å². The normalized spacial score (nSPS) is 10.4. The van der Waals surface area contributed by atoms with E-state index in [2.05, 4.69) is 0 Å². The standard InChI is InChI=1S/C13H10Cl2O2S/c1-7-3-4-12(18-7)13(16)8-5-10(15)11(17-2)6-9(8)14/h3-6H,1-2H3. The summed E-state index contributed by atoms with van der Waals surface area (Å²) in [5.41, 5.74) is 0.393. The van der Waals surface area contributed by atoms with Crippen LogP contribution in [0.5, 0.6) is 5.75 Å². The van der Waals surface area contributed by atoms with Crippen LogP contribution in [0.1, 0.15) is 20.1 Å². The molecule has 0 amide bonds. The largest absolute Gasteiger partial charge is 0.495 e. The van der Waals surface area contributed by atoms with E-state index in [9.17, 15) is 4.79 Å². The average molecular weight is 301 g/mol. The van der Waals surface area contributed by atoms with Crippen molar-refractivity contribution in [2.24, 2.45) is 0 Å². The zero-order valence-electron chi connectivity index (χ0n) is 9.79. The third kappa shape index (κ3) is 2.53. The monoisotopic (exact) mass is 300 g/mol. The SMILES string of the molecule is COc1cc(Cl)c(C(=O)c2ccc(C)s2)cc1Cl.